The summed E-state index contributed by atoms with van der Waals surface area (Å²) in [6, 6.07) is 4.95. The lowest BCUT2D eigenvalue weighted by molar-refractivity contribution is 0.0364. The van der Waals surface area contributed by atoms with E-state index in [2.05, 4.69) is 54.5 Å². The molecule has 27 heavy (non-hydrogen) atoms. The Balaban J connectivity index is 1.60. The van der Waals surface area contributed by atoms with Gasteiger partial charge in [-0.1, -0.05) is 6.92 Å². The fourth-order valence-electron chi connectivity index (χ4n) is 4.62. The molecule has 2 heterocycles. The summed E-state index contributed by atoms with van der Waals surface area (Å²) in [6.07, 6.45) is 3.48. The molecule has 5 heteroatoms. The van der Waals surface area contributed by atoms with E-state index in [1.54, 1.807) is 7.11 Å². The van der Waals surface area contributed by atoms with Crippen LogP contribution in [0.4, 0.5) is 11.4 Å². The molecule has 0 radical (unpaired) electrons. The number of benzene rings is 1. The zero-order valence-electron chi connectivity index (χ0n) is 17.9. The third-order valence-electron chi connectivity index (χ3n) is 6.40. The number of nitrogen functional groups attached to an aromatic ring is 1. The second-order valence-corrected chi connectivity index (χ2v) is 8.99. The summed E-state index contributed by atoms with van der Waals surface area (Å²) in [7, 11) is 1.70. The number of ether oxygens (including phenoxy) is 1. The molecule has 2 N–H and O–H groups in total. The SMILES string of the molecule is CCc1cc(N)c(OC)cc1N1CCC(N2CCN(C(C)(C)C)CC2)CC1. The topological polar surface area (TPSA) is 45.0 Å². The van der Waals surface area contributed by atoms with Gasteiger partial charge in [-0.2, -0.15) is 0 Å². The maximum atomic E-state index is 6.11. The molecule has 1 aromatic rings. The van der Waals surface area contributed by atoms with Gasteiger partial charge in [-0.3, -0.25) is 9.80 Å². The molecule has 2 saturated heterocycles. The lowest BCUT2D eigenvalue weighted by atomic mass is 9.98. The standard InChI is InChI=1S/C22H38N4O/c1-6-17-15-19(23)21(27-5)16-20(17)25-9-7-18(8-10-25)24-11-13-26(14-12-24)22(2,3)4/h15-16,18H,6-14,23H2,1-5H3. The van der Waals surface area contributed by atoms with Crippen LogP contribution >= 0.6 is 0 Å². The maximum Gasteiger partial charge on any atom is 0.143 e. The molecule has 0 unspecified atom stereocenters. The van der Waals surface area contributed by atoms with Crippen molar-refractivity contribution in [3.8, 4) is 5.75 Å². The van der Waals surface area contributed by atoms with Crippen molar-refractivity contribution in [2.45, 2.75) is 58.5 Å². The lowest BCUT2D eigenvalue weighted by Crippen LogP contribution is -2.57. The molecule has 0 aliphatic carbocycles. The van der Waals surface area contributed by atoms with Crippen LogP contribution in [-0.4, -0.2) is 67.8 Å². The summed E-state index contributed by atoms with van der Waals surface area (Å²) in [6.45, 7) is 16.2. The monoisotopic (exact) mass is 374 g/mol. The first-order chi connectivity index (χ1) is 12.8. The number of hydrogen-bond donors (Lipinski definition) is 1. The first kappa shape index (κ1) is 20.3. The Morgan fingerprint density at radius 3 is 2.19 bits per heavy atom. The number of anilines is 2. The van der Waals surface area contributed by atoms with Crippen molar-refractivity contribution < 1.29 is 4.74 Å². The molecule has 0 bridgehead atoms. The predicted molar refractivity (Wildman–Crippen MR) is 115 cm³/mol. The average Bonchev–Trinajstić information content (AvgIpc) is 2.67. The second-order valence-electron chi connectivity index (χ2n) is 8.99. The Hall–Kier alpha value is -1.46. The van der Waals surface area contributed by atoms with Gasteiger partial charge in [0.25, 0.3) is 0 Å². The molecular formula is C22H38N4O. The van der Waals surface area contributed by atoms with E-state index in [9.17, 15) is 0 Å². The van der Waals surface area contributed by atoms with Gasteiger partial charge in [0.2, 0.25) is 0 Å². The Morgan fingerprint density at radius 1 is 1.04 bits per heavy atom. The normalized spacial score (nSPS) is 20.9. The molecule has 152 valence electrons. The van der Waals surface area contributed by atoms with E-state index >= 15 is 0 Å². The van der Waals surface area contributed by atoms with E-state index < -0.39 is 0 Å². The Morgan fingerprint density at radius 2 is 1.67 bits per heavy atom. The molecule has 2 aliphatic heterocycles. The van der Waals surface area contributed by atoms with Crippen molar-refractivity contribution in [2.24, 2.45) is 0 Å². The smallest absolute Gasteiger partial charge is 0.143 e. The van der Waals surface area contributed by atoms with Crippen molar-refractivity contribution >= 4 is 11.4 Å². The molecule has 0 atom stereocenters. The number of methoxy groups -OCH3 is 1. The molecule has 5 nitrogen and oxygen atoms in total. The summed E-state index contributed by atoms with van der Waals surface area (Å²) >= 11 is 0. The summed E-state index contributed by atoms with van der Waals surface area (Å²) < 4.78 is 5.47. The Labute approximate surface area is 165 Å². The molecule has 0 spiro atoms. The number of nitrogens with zero attached hydrogens (tertiary/aromatic N) is 3. The Bertz CT molecular complexity index is 624. The van der Waals surface area contributed by atoms with Gasteiger partial charge in [-0.05, 0) is 51.7 Å². The van der Waals surface area contributed by atoms with Gasteiger partial charge < -0.3 is 15.4 Å². The lowest BCUT2D eigenvalue weighted by Gasteiger charge is -2.46. The Kier molecular flexibility index (Phi) is 6.21. The first-order valence-corrected chi connectivity index (χ1v) is 10.5. The summed E-state index contributed by atoms with van der Waals surface area (Å²) in [5.74, 6) is 0.794. The molecule has 1 aromatic carbocycles. The number of piperidine rings is 1. The molecule has 0 saturated carbocycles. The van der Waals surface area contributed by atoms with Gasteiger partial charge >= 0.3 is 0 Å². The molecular weight excluding hydrogens is 336 g/mol. The number of hydrogen-bond acceptors (Lipinski definition) is 5. The number of aryl methyl sites for hydroxylation is 1. The van der Waals surface area contributed by atoms with Gasteiger partial charge in [0, 0.05) is 62.6 Å². The van der Waals surface area contributed by atoms with Crippen LogP contribution in [0.2, 0.25) is 0 Å². The third-order valence-corrected chi connectivity index (χ3v) is 6.40. The largest absolute Gasteiger partial charge is 0.495 e. The maximum absolute atomic E-state index is 6.11. The average molecular weight is 375 g/mol. The highest BCUT2D eigenvalue weighted by Crippen LogP contribution is 2.34. The van der Waals surface area contributed by atoms with Crippen LogP contribution in [0.25, 0.3) is 0 Å². The van der Waals surface area contributed by atoms with E-state index in [1.165, 1.54) is 50.3 Å². The molecule has 0 amide bonds. The molecule has 2 aliphatic rings. The van der Waals surface area contributed by atoms with E-state index in [0.29, 0.717) is 5.54 Å². The van der Waals surface area contributed by atoms with Gasteiger partial charge in [0.15, 0.2) is 0 Å². The fourth-order valence-corrected chi connectivity index (χ4v) is 4.62. The van der Waals surface area contributed by atoms with Gasteiger partial charge in [-0.15, -0.1) is 0 Å². The van der Waals surface area contributed by atoms with Crippen molar-refractivity contribution in [3.05, 3.63) is 17.7 Å². The summed E-state index contributed by atoms with van der Waals surface area (Å²) in [5.41, 5.74) is 9.78. The molecule has 2 fully saturated rings. The number of piperazine rings is 1. The van der Waals surface area contributed by atoms with Crippen LogP contribution in [0.3, 0.4) is 0 Å². The highest BCUT2D eigenvalue weighted by atomic mass is 16.5. The summed E-state index contributed by atoms with van der Waals surface area (Å²) in [4.78, 5) is 7.87. The van der Waals surface area contributed by atoms with Gasteiger partial charge in [0.05, 0.1) is 12.8 Å². The number of nitrogens with two attached hydrogens (primary N) is 1. The highest BCUT2D eigenvalue weighted by molar-refractivity contribution is 5.67. The van der Waals surface area contributed by atoms with Gasteiger partial charge in [-0.25, -0.2) is 0 Å². The quantitative estimate of drug-likeness (QED) is 0.820. The third kappa shape index (κ3) is 4.52. The minimum absolute atomic E-state index is 0.292. The van der Waals surface area contributed by atoms with Crippen molar-refractivity contribution in [2.75, 3.05) is 57.0 Å². The van der Waals surface area contributed by atoms with E-state index in [0.717, 1.165) is 37.0 Å². The van der Waals surface area contributed by atoms with Crippen molar-refractivity contribution in [1.82, 2.24) is 9.80 Å². The van der Waals surface area contributed by atoms with E-state index in [-0.39, 0.29) is 0 Å². The van der Waals surface area contributed by atoms with Gasteiger partial charge in [0.1, 0.15) is 5.75 Å². The van der Waals surface area contributed by atoms with E-state index in [4.69, 9.17) is 10.5 Å². The minimum atomic E-state index is 0.292. The minimum Gasteiger partial charge on any atom is -0.495 e. The van der Waals surface area contributed by atoms with Crippen LogP contribution in [-0.2, 0) is 6.42 Å². The zero-order chi connectivity index (χ0) is 19.6. The van der Waals surface area contributed by atoms with Crippen molar-refractivity contribution in [3.63, 3.8) is 0 Å². The molecule has 0 aromatic heterocycles. The number of rotatable bonds is 4. The fraction of sp³-hybridized carbons (Fsp3) is 0.727. The van der Waals surface area contributed by atoms with Crippen molar-refractivity contribution in [1.29, 1.82) is 0 Å². The van der Waals surface area contributed by atoms with Crippen LogP contribution in [0.1, 0.15) is 46.1 Å². The van der Waals surface area contributed by atoms with Crippen LogP contribution in [0.15, 0.2) is 12.1 Å². The first-order valence-electron chi connectivity index (χ1n) is 10.5. The highest BCUT2D eigenvalue weighted by Gasteiger charge is 2.31. The van der Waals surface area contributed by atoms with E-state index in [1.807, 2.05) is 0 Å². The zero-order valence-corrected chi connectivity index (χ0v) is 17.9. The van der Waals surface area contributed by atoms with Crippen LogP contribution < -0.4 is 15.4 Å². The summed E-state index contributed by atoms with van der Waals surface area (Å²) in [5, 5.41) is 0. The van der Waals surface area contributed by atoms with Crippen LogP contribution in [0, 0.1) is 0 Å². The second kappa shape index (κ2) is 8.27. The molecule has 3 rings (SSSR count). The predicted octanol–water partition coefficient (Wildman–Crippen LogP) is 3.22. The van der Waals surface area contributed by atoms with Crippen LogP contribution in [0.5, 0.6) is 5.75 Å².